The predicted octanol–water partition coefficient (Wildman–Crippen LogP) is -1.63. The van der Waals surface area contributed by atoms with Crippen LogP contribution in [0.4, 0.5) is 0 Å². The molecule has 34 valence electrons. The van der Waals surface area contributed by atoms with Gasteiger partial charge in [0.15, 0.2) is 0 Å². The molecule has 0 aliphatic heterocycles. The quantitative estimate of drug-likeness (QED) is 0.376. The first-order chi connectivity index (χ1) is 1.73. The summed E-state index contributed by atoms with van der Waals surface area (Å²) in [5, 5.41) is 0. The van der Waals surface area contributed by atoms with E-state index in [1.807, 2.05) is 0 Å². The monoisotopic (exact) mass is 118 g/mol. The van der Waals surface area contributed by atoms with Crippen molar-refractivity contribution in [1.82, 2.24) is 0 Å². The molecule has 0 aromatic heterocycles. The molecule has 0 radical (unpaired) electrons. The predicted molar refractivity (Wildman–Crippen MR) is 24.8 cm³/mol. The molecule has 0 saturated carbocycles. The van der Waals surface area contributed by atoms with Crippen LogP contribution < -0.4 is 0 Å². The van der Waals surface area contributed by atoms with Crippen molar-refractivity contribution in [3.05, 3.63) is 0 Å². The maximum atomic E-state index is 8.74. The summed E-state index contributed by atoms with van der Waals surface area (Å²) in [5.74, 6) is 0. The van der Waals surface area contributed by atoms with Gasteiger partial charge in [-0.05, 0) is 0 Å². The van der Waals surface area contributed by atoms with E-state index in [1.54, 1.807) is 0 Å². The molecule has 6 heavy (non-hydrogen) atoms. The second kappa shape index (κ2) is 9.15. The molecule has 0 saturated heterocycles. The van der Waals surface area contributed by atoms with E-state index < -0.39 is 9.17 Å². The van der Waals surface area contributed by atoms with Crippen molar-refractivity contribution in [2.24, 2.45) is 0 Å². The maximum absolute atomic E-state index is 8.74. The molecule has 0 fully saturated rings. The molecule has 0 bridgehead atoms. The van der Waals surface area contributed by atoms with Crippen LogP contribution in [-0.4, -0.2) is 48.3 Å². The Hall–Kier alpha value is 0.617. The number of rotatable bonds is 0. The molecule has 2 N–H and O–H groups in total. The molecule has 0 aromatic carbocycles. The number of hydrogen-bond acceptors (Lipinski definition) is 1. The summed E-state index contributed by atoms with van der Waals surface area (Å²) in [5.41, 5.74) is 0. The zero-order chi connectivity index (χ0) is 3.58. The fourth-order valence-corrected chi connectivity index (χ4v) is 0. The summed E-state index contributed by atoms with van der Waals surface area (Å²) in [7, 11) is -3.13. The second-order valence-corrected chi connectivity index (χ2v) is 0.848. The van der Waals surface area contributed by atoms with Crippen LogP contribution in [0.25, 0.3) is 0 Å². The third kappa shape index (κ3) is 159. The molecule has 3 nitrogen and oxygen atoms in total. The number of hydrogen-bond donors (Lipinski definition) is 2. The summed E-state index contributed by atoms with van der Waals surface area (Å²) in [6.45, 7) is 0. The standard InChI is InChI=1S/CH4.Na.H2O3Si.H/c;;1-4(2)3;/h1H4;;1-2H;. The van der Waals surface area contributed by atoms with Crippen LogP contribution >= 0.6 is 0 Å². The van der Waals surface area contributed by atoms with E-state index in [0.717, 1.165) is 0 Å². The van der Waals surface area contributed by atoms with Crippen LogP contribution in [0.5, 0.6) is 0 Å². The summed E-state index contributed by atoms with van der Waals surface area (Å²) < 4.78 is 8.74. The van der Waals surface area contributed by atoms with Crippen LogP contribution in [0.2, 0.25) is 0 Å². The van der Waals surface area contributed by atoms with Gasteiger partial charge in [0.05, 0.1) is 0 Å². The van der Waals surface area contributed by atoms with E-state index >= 15 is 0 Å². The minimum atomic E-state index is -3.13. The Labute approximate surface area is 60.2 Å². The van der Waals surface area contributed by atoms with Crippen molar-refractivity contribution < 1.29 is 14.1 Å². The molecule has 0 aliphatic carbocycles. The van der Waals surface area contributed by atoms with Crippen molar-refractivity contribution >= 4 is 38.7 Å². The normalized spacial score (nSPS) is 4.00. The Bertz CT molecular complexity index is 33.8. The van der Waals surface area contributed by atoms with Gasteiger partial charge in [-0.25, -0.2) is 0 Å². The van der Waals surface area contributed by atoms with Crippen LogP contribution in [-0.2, 0) is 4.46 Å². The molecular weight excluding hydrogens is 111 g/mol. The first kappa shape index (κ1) is 16.0. The van der Waals surface area contributed by atoms with Crippen LogP contribution in [0.15, 0.2) is 0 Å². The van der Waals surface area contributed by atoms with E-state index in [9.17, 15) is 0 Å². The van der Waals surface area contributed by atoms with Crippen LogP contribution in [0, 0.1) is 0 Å². The molecule has 0 atom stereocenters. The Balaban J connectivity index is -0.0000000450. The first-order valence-corrected chi connectivity index (χ1v) is 1.95. The van der Waals surface area contributed by atoms with Crippen molar-refractivity contribution in [3.8, 4) is 0 Å². The van der Waals surface area contributed by atoms with Crippen molar-refractivity contribution in [2.45, 2.75) is 7.43 Å². The van der Waals surface area contributed by atoms with Gasteiger partial charge in [-0.15, -0.1) is 0 Å². The van der Waals surface area contributed by atoms with E-state index in [4.69, 9.17) is 14.1 Å². The van der Waals surface area contributed by atoms with Crippen LogP contribution in [0.1, 0.15) is 7.43 Å². The SMILES string of the molecule is C.O=[Si](O)O.[NaH]. The van der Waals surface area contributed by atoms with Gasteiger partial charge in [0, 0.05) is 0 Å². The van der Waals surface area contributed by atoms with Crippen molar-refractivity contribution in [1.29, 1.82) is 0 Å². The fourth-order valence-electron chi connectivity index (χ4n) is 0. The van der Waals surface area contributed by atoms with Gasteiger partial charge < -0.3 is 9.59 Å². The summed E-state index contributed by atoms with van der Waals surface area (Å²) in [6.07, 6.45) is 0. The summed E-state index contributed by atoms with van der Waals surface area (Å²) in [6, 6.07) is 0. The van der Waals surface area contributed by atoms with Crippen molar-refractivity contribution in [3.63, 3.8) is 0 Å². The molecule has 0 amide bonds. The van der Waals surface area contributed by atoms with E-state index in [-0.39, 0.29) is 37.0 Å². The van der Waals surface area contributed by atoms with Crippen LogP contribution in [0.3, 0.4) is 0 Å². The molecule has 0 spiro atoms. The van der Waals surface area contributed by atoms with Gasteiger partial charge in [0.1, 0.15) is 0 Å². The van der Waals surface area contributed by atoms with Gasteiger partial charge in [-0.2, -0.15) is 0 Å². The Morgan fingerprint density at radius 3 is 1.33 bits per heavy atom. The first-order valence-electron chi connectivity index (χ1n) is 0.651. The summed E-state index contributed by atoms with van der Waals surface area (Å²) in [4.78, 5) is 14.3. The average molecular weight is 118 g/mol. The molecule has 0 heterocycles. The Morgan fingerprint density at radius 1 is 1.33 bits per heavy atom. The zero-order valence-corrected chi connectivity index (χ0v) is 2.80. The Morgan fingerprint density at radius 2 is 1.33 bits per heavy atom. The fraction of sp³-hybridized carbons (Fsp3) is 1.00. The zero-order valence-electron chi connectivity index (χ0n) is 1.80. The third-order valence-electron chi connectivity index (χ3n) is 0. The van der Waals surface area contributed by atoms with E-state index in [0.29, 0.717) is 0 Å². The molecule has 0 unspecified atom stereocenters. The molecule has 0 rings (SSSR count). The summed E-state index contributed by atoms with van der Waals surface area (Å²) >= 11 is 0. The minimum absolute atomic E-state index is 0. The second-order valence-electron chi connectivity index (χ2n) is 0.283. The Kier molecular flexibility index (Phi) is 24.3. The molecule has 5 heteroatoms. The van der Waals surface area contributed by atoms with Gasteiger partial charge in [0.2, 0.25) is 0 Å². The van der Waals surface area contributed by atoms with Gasteiger partial charge >= 0.3 is 38.7 Å². The third-order valence-corrected chi connectivity index (χ3v) is 0. The van der Waals surface area contributed by atoms with Crippen molar-refractivity contribution in [2.75, 3.05) is 0 Å². The van der Waals surface area contributed by atoms with Gasteiger partial charge in [-0.1, -0.05) is 7.43 Å². The molecular formula is CH7NaO3Si. The van der Waals surface area contributed by atoms with Gasteiger partial charge in [-0.3, -0.25) is 4.46 Å². The topological polar surface area (TPSA) is 57.5 Å². The van der Waals surface area contributed by atoms with E-state index in [2.05, 4.69) is 0 Å². The average Bonchev–Trinajstić information content (AvgIpc) is 0.811. The molecule has 0 aliphatic rings. The molecule has 0 aromatic rings. The van der Waals surface area contributed by atoms with E-state index in [1.165, 1.54) is 0 Å². The van der Waals surface area contributed by atoms with Gasteiger partial charge in [0.25, 0.3) is 0 Å².